The highest BCUT2D eigenvalue weighted by atomic mass is 35.5. The molecule has 2 amide bonds. The van der Waals surface area contributed by atoms with E-state index >= 15 is 0 Å². The van der Waals surface area contributed by atoms with Gasteiger partial charge in [-0.3, -0.25) is 9.59 Å². The van der Waals surface area contributed by atoms with Gasteiger partial charge in [-0.25, -0.2) is 5.43 Å². The maximum atomic E-state index is 12.7. The van der Waals surface area contributed by atoms with Crippen LogP contribution in [-0.2, 0) is 10.2 Å². The Balaban J connectivity index is 1.03. The summed E-state index contributed by atoms with van der Waals surface area (Å²) in [6.07, 6.45) is 9.75. The molecular formula is C34H36ClN3O4. The lowest BCUT2D eigenvalue weighted by molar-refractivity contribution is -0.118. The molecule has 4 aliphatic rings. The van der Waals surface area contributed by atoms with Crippen LogP contribution >= 0.6 is 11.6 Å². The fourth-order valence-electron chi connectivity index (χ4n) is 7.58. The number of hydrogen-bond donors (Lipinski definition) is 2. The number of ether oxygens (including phenoxy) is 2. The molecule has 0 unspecified atom stereocenters. The first-order chi connectivity index (χ1) is 20.4. The number of carbonyl (C=O) groups excluding carboxylic acids is 2. The maximum absolute atomic E-state index is 12.7. The van der Waals surface area contributed by atoms with E-state index < -0.39 is 5.91 Å². The molecule has 7 nitrogen and oxygen atoms in total. The van der Waals surface area contributed by atoms with E-state index in [-0.39, 0.29) is 12.5 Å². The van der Waals surface area contributed by atoms with Crippen molar-refractivity contribution in [2.75, 3.05) is 18.5 Å². The predicted octanol–water partition coefficient (Wildman–Crippen LogP) is 6.99. The first kappa shape index (κ1) is 28.3. The van der Waals surface area contributed by atoms with Gasteiger partial charge in [-0.05, 0) is 122 Å². The Morgan fingerprint density at radius 1 is 0.929 bits per heavy atom. The molecule has 2 N–H and O–H groups in total. The fourth-order valence-corrected chi connectivity index (χ4v) is 7.80. The standard InChI is InChI=1S/C34H36ClN3O4/c1-2-41-31-16-22(20-36-38-33(40)28-5-3-4-6-29(28)35)7-12-30(31)42-21-32(39)37-27-10-8-26(9-11-27)34-17-23-13-24(18-34)15-25(14-23)19-34/h3-12,16,20,23-25H,2,13-15,17-19,21H2,1H3,(H,37,39)(H,38,40)/b36-20-. The predicted molar refractivity (Wildman–Crippen MR) is 165 cm³/mol. The molecule has 42 heavy (non-hydrogen) atoms. The number of hydrogen-bond acceptors (Lipinski definition) is 5. The molecule has 4 bridgehead atoms. The quantitative estimate of drug-likeness (QED) is 0.198. The molecular weight excluding hydrogens is 550 g/mol. The zero-order valence-electron chi connectivity index (χ0n) is 23.8. The Labute approximate surface area is 251 Å². The van der Waals surface area contributed by atoms with Crippen LogP contribution in [0.15, 0.2) is 71.8 Å². The fraction of sp³-hybridized carbons (Fsp3) is 0.382. The van der Waals surface area contributed by atoms with Gasteiger partial charge in [0, 0.05) is 5.69 Å². The largest absolute Gasteiger partial charge is 0.490 e. The van der Waals surface area contributed by atoms with E-state index in [1.54, 1.807) is 42.5 Å². The molecule has 0 heterocycles. The molecule has 8 heteroatoms. The summed E-state index contributed by atoms with van der Waals surface area (Å²) in [5.41, 5.74) is 6.05. The molecule has 0 atom stereocenters. The monoisotopic (exact) mass is 585 g/mol. The van der Waals surface area contributed by atoms with Gasteiger partial charge < -0.3 is 14.8 Å². The molecule has 4 saturated carbocycles. The molecule has 4 aliphatic carbocycles. The van der Waals surface area contributed by atoms with E-state index in [1.807, 2.05) is 19.1 Å². The normalized spacial score (nSPS) is 24.0. The van der Waals surface area contributed by atoms with Crippen molar-refractivity contribution < 1.29 is 19.1 Å². The Hall–Kier alpha value is -3.84. The van der Waals surface area contributed by atoms with Gasteiger partial charge in [0.2, 0.25) is 0 Å². The lowest BCUT2D eigenvalue weighted by Gasteiger charge is -2.57. The average Bonchev–Trinajstić information content (AvgIpc) is 2.97. The van der Waals surface area contributed by atoms with Crippen LogP contribution in [0, 0.1) is 17.8 Å². The minimum absolute atomic E-state index is 0.155. The van der Waals surface area contributed by atoms with Crippen molar-refractivity contribution in [1.29, 1.82) is 0 Å². The average molecular weight is 586 g/mol. The number of benzene rings is 3. The third-order valence-electron chi connectivity index (χ3n) is 8.94. The summed E-state index contributed by atoms with van der Waals surface area (Å²) in [4.78, 5) is 25.0. The summed E-state index contributed by atoms with van der Waals surface area (Å²) in [7, 11) is 0. The molecule has 3 aromatic carbocycles. The third-order valence-corrected chi connectivity index (χ3v) is 9.27. The Kier molecular flexibility index (Phi) is 8.20. The van der Waals surface area contributed by atoms with Gasteiger partial charge in [-0.1, -0.05) is 35.9 Å². The highest BCUT2D eigenvalue weighted by Gasteiger charge is 2.51. The zero-order valence-corrected chi connectivity index (χ0v) is 24.5. The second-order valence-electron chi connectivity index (χ2n) is 11.9. The number of amides is 2. The van der Waals surface area contributed by atoms with Crippen molar-refractivity contribution in [2.45, 2.75) is 50.9 Å². The van der Waals surface area contributed by atoms with E-state index in [0.717, 1.165) is 23.4 Å². The molecule has 3 aromatic rings. The van der Waals surface area contributed by atoms with Crippen LogP contribution in [0.1, 0.15) is 66.9 Å². The number of nitrogens with zero attached hydrogens (tertiary/aromatic N) is 1. The van der Waals surface area contributed by atoms with Crippen LogP contribution in [0.3, 0.4) is 0 Å². The number of nitrogens with one attached hydrogen (secondary N) is 2. The zero-order chi connectivity index (χ0) is 29.1. The SMILES string of the molecule is CCOc1cc(/C=N\NC(=O)c2ccccc2Cl)ccc1OCC(=O)Nc1ccc(C23CC4CC(CC(C4)C2)C3)cc1. The lowest BCUT2D eigenvalue weighted by Crippen LogP contribution is -2.48. The van der Waals surface area contributed by atoms with E-state index in [0.29, 0.717) is 39.7 Å². The van der Waals surface area contributed by atoms with E-state index in [2.05, 4.69) is 28.0 Å². The molecule has 0 radical (unpaired) electrons. The minimum atomic E-state index is -0.407. The van der Waals surface area contributed by atoms with Crippen LogP contribution in [0.4, 0.5) is 5.69 Å². The van der Waals surface area contributed by atoms with Crippen molar-refractivity contribution in [3.05, 3.63) is 88.4 Å². The summed E-state index contributed by atoms with van der Waals surface area (Å²) >= 11 is 6.07. The van der Waals surface area contributed by atoms with Crippen LogP contribution in [0.2, 0.25) is 5.02 Å². The molecule has 0 spiro atoms. The number of halogens is 1. The van der Waals surface area contributed by atoms with E-state index in [9.17, 15) is 9.59 Å². The summed E-state index contributed by atoms with van der Waals surface area (Å²) in [5, 5.41) is 7.33. The maximum Gasteiger partial charge on any atom is 0.272 e. The highest BCUT2D eigenvalue weighted by molar-refractivity contribution is 6.33. The van der Waals surface area contributed by atoms with Crippen molar-refractivity contribution >= 4 is 35.3 Å². The van der Waals surface area contributed by atoms with Crippen LogP contribution in [-0.4, -0.2) is 31.2 Å². The molecule has 7 rings (SSSR count). The smallest absolute Gasteiger partial charge is 0.272 e. The first-order valence-corrected chi connectivity index (χ1v) is 15.2. The van der Waals surface area contributed by atoms with Gasteiger partial charge in [0.05, 0.1) is 23.4 Å². The summed E-state index contributed by atoms with van der Waals surface area (Å²) in [6, 6.07) is 20.5. The van der Waals surface area contributed by atoms with Crippen LogP contribution < -0.4 is 20.2 Å². The Morgan fingerprint density at radius 2 is 1.62 bits per heavy atom. The van der Waals surface area contributed by atoms with Gasteiger partial charge in [-0.2, -0.15) is 5.10 Å². The van der Waals surface area contributed by atoms with Gasteiger partial charge >= 0.3 is 0 Å². The number of anilines is 1. The van der Waals surface area contributed by atoms with E-state index in [4.69, 9.17) is 21.1 Å². The Bertz CT molecular complexity index is 1450. The second kappa shape index (κ2) is 12.2. The van der Waals surface area contributed by atoms with Crippen molar-refractivity contribution in [2.24, 2.45) is 22.9 Å². The van der Waals surface area contributed by atoms with Gasteiger partial charge in [0.25, 0.3) is 11.8 Å². The van der Waals surface area contributed by atoms with Crippen molar-refractivity contribution in [1.82, 2.24) is 5.43 Å². The van der Waals surface area contributed by atoms with Crippen LogP contribution in [0.25, 0.3) is 0 Å². The topological polar surface area (TPSA) is 89.0 Å². The number of rotatable bonds is 10. The van der Waals surface area contributed by atoms with E-state index in [1.165, 1.54) is 50.3 Å². The molecule has 0 saturated heterocycles. The van der Waals surface area contributed by atoms with Gasteiger partial charge in [0.1, 0.15) is 0 Å². The highest BCUT2D eigenvalue weighted by Crippen LogP contribution is 2.60. The minimum Gasteiger partial charge on any atom is -0.490 e. The molecule has 218 valence electrons. The second-order valence-corrected chi connectivity index (χ2v) is 12.3. The number of carbonyl (C=O) groups is 2. The Morgan fingerprint density at radius 3 is 2.29 bits per heavy atom. The van der Waals surface area contributed by atoms with Crippen molar-refractivity contribution in [3.63, 3.8) is 0 Å². The van der Waals surface area contributed by atoms with Gasteiger partial charge in [-0.15, -0.1) is 0 Å². The third kappa shape index (κ3) is 6.16. The first-order valence-electron chi connectivity index (χ1n) is 14.8. The molecule has 0 aromatic heterocycles. The van der Waals surface area contributed by atoms with Crippen LogP contribution in [0.5, 0.6) is 11.5 Å². The summed E-state index contributed by atoms with van der Waals surface area (Å²) in [6.45, 7) is 2.13. The van der Waals surface area contributed by atoms with Crippen molar-refractivity contribution in [3.8, 4) is 11.5 Å². The number of hydrazone groups is 1. The summed E-state index contributed by atoms with van der Waals surface area (Å²) < 4.78 is 11.5. The summed E-state index contributed by atoms with van der Waals surface area (Å²) in [5.74, 6) is 2.97. The lowest BCUT2D eigenvalue weighted by atomic mass is 9.48. The molecule has 4 fully saturated rings. The van der Waals surface area contributed by atoms with Gasteiger partial charge in [0.15, 0.2) is 18.1 Å². The molecule has 0 aliphatic heterocycles.